The Morgan fingerprint density at radius 1 is 1.05 bits per heavy atom. The smallest absolute Gasteiger partial charge is 0.339 e. The number of hydrogen-bond donors (Lipinski definition) is 3. The first-order chi connectivity index (χ1) is 19.5. The molecule has 2 aromatic heterocycles. The van der Waals surface area contributed by atoms with E-state index >= 15 is 0 Å². The highest BCUT2D eigenvalue weighted by Gasteiger charge is 2.37. The van der Waals surface area contributed by atoms with Crippen molar-refractivity contribution in [3.63, 3.8) is 0 Å². The van der Waals surface area contributed by atoms with Crippen LogP contribution < -0.4 is 10.6 Å². The molecule has 2 aliphatic heterocycles. The van der Waals surface area contributed by atoms with Crippen molar-refractivity contribution in [1.29, 1.82) is 0 Å². The van der Waals surface area contributed by atoms with Crippen molar-refractivity contribution in [3.8, 4) is 11.3 Å². The number of piperidine rings is 1. The average molecular weight is 629 g/mol. The number of anilines is 1. The van der Waals surface area contributed by atoms with Crippen LogP contribution in [0.3, 0.4) is 0 Å². The second kappa shape index (κ2) is 12.7. The fourth-order valence-electron chi connectivity index (χ4n) is 5.15. The molecule has 2 saturated heterocycles. The molecule has 0 atom stereocenters. The molecule has 4 heterocycles. The number of hydrogen-bond acceptors (Lipinski definition) is 6. The molecule has 2 fully saturated rings. The van der Waals surface area contributed by atoms with Gasteiger partial charge >= 0.3 is 6.18 Å². The number of piperazine rings is 1. The molecule has 3 aromatic rings. The van der Waals surface area contributed by atoms with E-state index in [4.69, 9.17) is 11.6 Å². The minimum Gasteiger partial charge on any atom is -0.339 e. The summed E-state index contributed by atoms with van der Waals surface area (Å²) in [7, 11) is 1.42. The molecule has 0 saturated carbocycles. The minimum absolute atomic E-state index is 0. The number of H-pyrrole nitrogens is 1. The zero-order chi connectivity index (χ0) is 29.3. The molecule has 0 unspecified atom stereocenters. The number of nitrogens with zero attached hydrogens (tertiary/aromatic N) is 5. The van der Waals surface area contributed by atoms with E-state index in [0.717, 1.165) is 38.3 Å². The first kappa shape index (κ1) is 31.3. The van der Waals surface area contributed by atoms with Crippen molar-refractivity contribution in [2.24, 2.45) is 13.0 Å². The van der Waals surface area contributed by atoms with E-state index in [1.165, 1.54) is 29.8 Å². The lowest BCUT2D eigenvalue weighted by atomic mass is 9.96. The van der Waals surface area contributed by atoms with E-state index in [-0.39, 0.29) is 63.5 Å². The maximum Gasteiger partial charge on any atom is 0.433 e. The third kappa shape index (κ3) is 6.40. The Morgan fingerprint density at radius 3 is 2.36 bits per heavy atom. The molecule has 0 aliphatic carbocycles. The van der Waals surface area contributed by atoms with Gasteiger partial charge in [-0.25, -0.2) is 4.98 Å². The topological polar surface area (TPSA) is 128 Å². The summed E-state index contributed by atoms with van der Waals surface area (Å²) in [5.41, 5.74) is -0.713. The van der Waals surface area contributed by atoms with Crippen LogP contribution in [0.15, 0.2) is 30.6 Å². The van der Waals surface area contributed by atoms with Crippen molar-refractivity contribution in [1.82, 2.24) is 34.9 Å². The van der Waals surface area contributed by atoms with E-state index in [1.807, 2.05) is 10.00 Å². The molecule has 2 aliphatic rings. The standard InChI is InChI=1S/C26H28ClF3N8O3.ClH/c1-36-20(18-13-33-35-21(18)26(28,29)30)14-32-22(36)23(39)34-16-2-3-17(19(27)12-16)25(41)38-10-8-37(9-11-38)24(40)15-4-6-31-7-5-15;/h2-3,12-15,31H,4-11H2,1H3,(H,33,35)(H,34,39);1H. The average Bonchev–Trinajstić information content (AvgIpc) is 3.60. The van der Waals surface area contributed by atoms with Crippen LogP contribution in [-0.4, -0.2) is 86.5 Å². The summed E-state index contributed by atoms with van der Waals surface area (Å²) in [6.45, 7) is 3.35. The first-order valence-electron chi connectivity index (χ1n) is 13.1. The summed E-state index contributed by atoms with van der Waals surface area (Å²) < 4.78 is 41.1. The molecule has 3 N–H and O–H groups in total. The zero-order valence-corrected chi connectivity index (χ0v) is 24.1. The van der Waals surface area contributed by atoms with Gasteiger partial charge in [-0.1, -0.05) is 11.6 Å². The number of amides is 3. The van der Waals surface area contributed by atoms with Gasteiger partial charge in [0.15, 0.2) is 5.82 Å². The maximum absolute atomic E-state index is 13.3. The van der Waals surface area contributed by atoms with Crippen LogP contribution in [0, 0.1) is 5.92 Å². The molecule has 0 spiro atoms. The Kier molecular flexibility index (Phi) is 9.48. The molecule has 226 valence electrons. The number of carbonyl (C=O) groups excluding carboxylic acids is 3. The van der Waals surface area contributed by atoms with Gasteiger partial charge in [-0.2, -0.15) is 18.3 Å². The lowest BCUT2D eigenvalue weighted by molar-refractivity contribution is -0.140. The lowest BCUT2D eigenvalue weighted by Crippen LogP contribution is -2.52. The maximum atomic E-state index is 13.3. The van der Waals surface area contributed by atoms with E-state index in [1.54, 1.807) is 4.90 Å². The van der Waals surface area contributed by atoms with Gasteiger partial charge in [-0.3, -0.25) is 19.5 Å². The highest BCUT2D eigenvalue weighted by atomic mass is 35.5. The summed E-state index contributed by atoms with van der Waals surface area (Å²) in [6, 6.07) is 4.43. The van der Waals surface area contributed by atoms with Crippen molar-refractivity contribution in [2.75, 3.05) is 44.6 Å². The Hall–Kier alpha value is -3.62. The van der Waals surface area contributed by atoms with E-state index < -0.39 is 17.8 Å². The monoisotopic (exact) mass is 628 g/mol. The first-order valence-corrected chi connectivity index (χ1v) is 13.4. The lowest BCUT2D eigenvalue weighted by Gasteiger charge is -2.37. The van der Waals surface area contributed by atoms with Gasteiger partial charge in [0.25, 0.3) is 11.8 Å². The van der Waals surface area contributed by atoms with Crippen molar-refractivity contribution in [2.45, 2.75) is 19.0 Å². The fourth-order valence-corrected chi connectivity index (χ4v) is 5.41. The summed E-state index contributed by atoms with van der Waals surface area (Å²) in [5, 5.41) is 11.4. The largest absolute Gasteiger partial charge is 0.433 e. The highest BCUT2D eigenvalue weighted by molar-refractivity contribution is 6.34. The number of imidazole rings is 1. The quantitative estimate of drug-likeness (QED) is 0.397. The van der Waals surface area contributed by atoms with Gasteiger partial charge in [0.2, 0.25) is 5.91 Å². The van der Waals surface area contributed by atoms with Gasteiger partial charge in [-0.15, -0.1) is 12.4 Å². The number of rotatable bonds is 5. The molecule has 16 heteroatoms. The number of nitrogens with one attached hydrogen (secondary N) is 3. The molecule has 1 aromatic carbocycles. The number of aromatic amines is 1. The predicted molar refractivity (Wildman–Crippen MR) is 151 cm³/mol. The molecular formula is C26H29Cl2F3N8O3. The van der Waals surface area contributed by atoms with Crippen molar-refractivity contribution >= 4 is 47.4 Å². The fraction of sp³-hybridized carbons (Fsp3) is 0.423. The van der Waals surface area contributed by atoms with E-state index in [9.17, 15) is 27.6 Å². The number of benzene rings is 1. The van der Waals surface area contributed by atoms with Crippen LogP contribution in [0.5, 0.6) is 0 Å². The van der Waals surface area contributed by atoms with Crippen LogP contribution in [0.1, 0.15) is 39.5 Å². The van der Waals surface area contributed by atoms with Gasteiger partial charge in [-0.05, 0) is 44.1 Å². The van der Waals surface area contributed by atoms with E-state index in [2.05, 4.69) is 20.7 Å². The predicted octanol–water partition coefficient (Wildman–Crippen LogP) is 3.44. The van der Waals surface area contributed by atoms with Crippen molar-refractivity contribution in [3.05, 3.63) is 52.7 Å². The number of halogens is 5. The molecule has 3 amide bonds. The molecular weight excluding hydrogens is 600 g/mol. The number of carbonyl (C=O) groups is 3. The Balaban J connectivity index is 0.00000405. The molecule has 11 nitrogen and oxygen atoms in total. The molecule has 42 heavy (non-hydrogen) atoms. The Labute approximate surface area is 250 Å². The second-order valence-electron chi connectivity index (χ2n) is 9.97. The van der Waals surface area contributed by atoms with Gasteiger partial charge in [0, 0.05) is 44.8 Å². The Morgan fingerprint density at radius 2 is 1.71 bits per heavy atom. The summed E-state index contributed by atoms with van der Waals surface area (Å²) >= 11 is 6.41. The number of aromatic nitrogens is 4. The Bertz CT molecular complexity index is 1460. The highest BCUT2D eigenvalue weighted by Crippen LogP contribution is 2.35. The third-order valence-electron chi connectivity index (χ3n) is 7.41. The van der Waals surface area contributed by atoms with Crippen molar-refractivity contribution < 1.29 is 27.6 Å². The minimum atomic E-state index is -4.66. The summed E-state index contributed by atoms with van der Waals surface area (Å²) in [6.07, 6.45) is -0.846. The molecule has 5 rings (SSSR count). The van der Waals surface area contributed by atoms with Gasteiger partial charge in [0.1, 0.15) is 5.69 Å². The third-order valence-corrected chi connectivity index (χ3v) is 7.73. The van der Waals surface area contributed by atoms with Gasteiger partial charge in [0.05, 0.1) is 34.2 Å². The van der Waals surface area contributed by atoms with Crippen LogP contribution in [-0.2, 0) is 18.0 Å². The number of alkyl halides is 3. The molecule has 0 radical (unpaired) electrons. The summed E-state index contributed by atoms with van der Waals surface area (Å²) in [5.74, 6) is -0.933. The van der Waals surface area contributed by atoms with Crippen LogP contribution in [0.25, 0.3) is 11.3 Å². The normalized spacial score (nSPS) is 16.2. The van der Waals surface area contributed by atoms with E-state index in [0.29, 0.717) is 26.2 Å². The summed E-state index contributed by atoms with van der Waals surface area (Å²) in [4.78, 5) is 46.3. The van der Waals surface area contributed by atoms with Crippen LogP contribution in [0.2, 0.25) is 5.02 Å². The van der Waals surface area contributed by atoms with Crippen LogP contribution >= 0.6 is 24.0 Å². The SMILES string of the molecule is Cl.Cn1c(-c2cn[nH]c2C(F)(F)F)cnc1C(=O)Nc1ccc(C(=O)N2CCN(C(=O)C3CCNCC3)CC2)c(Cl)c1. The van der Waals surface area contributed by atoms with Gasteiger partial charge < -0.3 is 25.0 Å². The van der Waals surface area contributed by atoms with Crippen LogP contribution in [0.4, 0.5) is 18.9 Å². The second-order valence-corrected chi connectivity index (χ2v) is 10.4. The molecule has 0 bridgehead atoms. The zero-order valence-electron chi connectivity index (χ0n) is 22.5.